The number of hydrogen-bond acceptors (Lipinski definition) is 10. The fourth-order valence-electron chi connectivity index (χ4n) is 9.43. The van der Waals surface area contributed by atoms with Crippen molar-refractivity contribution in [2.45, 2.75) is 155 Å². The first-order chi connectivity index (χ1) is 32.7. The average Bonchev–Trinajstić information content (AvgIpc) is 4.03. The number of phenols is 1. The van der Waals surface area contributed by atoms with Gasteiger partial charge in [0.05, 0.1) is 33.9 Å². The standard InChI is InChI=1S/C53H70N8O6S/c1-34(36-23-25-37(26-24-36)48-35(2)54-33-68-48)55-51(66)44-29-40(62)32-61(44)52(67)49(53(3,4)5)57-46(64)21-15-13-11-9-7-6-8-10-12-14-16-22-47(65)60-30-39(31-60)42-27-38-28-43(58-59-50(38)56-42)41-19-17-18-20-45(41)63/h17-20,23-28,33-34,39-40,44,49,62-63H,6-16,21-22,29-32H2,1-5H3,(H,55,66)(H,56,59)(H,57,64)/t34-,40+,44-,49+/m0/s1. The molecule has 7 rings (SSSR count). The summed E-state index contributed by atoms with van der Waals surface area (Å²) in [4.78, 5) is 65.9. The maximum atomic E-state index is 14.1. The summed E-state index contributed by atoms with van der Waals surface area (Å²) in [5, 5.41) is 36.5. The van der Waals surface area contributed by atoms with E-state index in [-0.39, 0.29) is 54.3 Å². The Morgan fingerprint density at radius 3 is 2.12 bits per heavy atom. The maximum Gasteiger partial charge on any atom is 0.246 e. The number of aromatic nitrogens is 4. The van der Waals surface area contributed by atoms with Crippen LogP contribution in [-0.4, -0.2) is 102 Å². The summed E-state index contributed by atoms with van der Waals surface area (Å²) in [5.41, 5.74) is 7.22. The highest BCUT2D eigenvalue weighted by atomic mass is 32.1. The Morgan fingerprint density at radius 2 is 1.49 bits per heavy atom. The zero-order chi connectivity index (χ0) is 48.4. The van der Waals surface area contributed by atoms with Crippen LogP contribution in [0, 0.1) is 12.3 Å². The number of aliphatic hydroxyl groups is 1. The van der Waals surface area contributed by atoms with Crippen molar-refractivity contribution in [1.29, 1.82) is 0 Å². The van der Waals surface area contributed by atoms with E-state index in [1.165, 1.54) is 24.2 Å². The summed E-state index contributed by atoms with van der Waals surface area (Å²) in [6.45, 7) is 11.0. The highest BCUT2D eigenvalue weighted by Crippen LogP contribution is 2.33. The summed E-state index contributed by atoms with van der Waals surface area (Å²) in [7, 11) is 0. The number of nitrogens with one attached hydrogen (secondary N) is 3. The smallest absolute Gasteiger partial charge is 0.246 e. The number of likely N-dealkylation sites (tertiary alicyclic amines) is 2. The van der Waals surface area contributed by atoms with Crippen molar-refractivity contribution in [2.75, 3.05) is 19.6 Å². The third kappa shape index (κ3) is 12.9. The van der Waals surface area contributed by atoms with Crippen LogP contribution in [-0.2, 0) is 19.2 Å². The van der Waals surface area contributed by atoms with E-state index in [9.17, 15) is 29.4 Å². The first-order valence-electron chi connectivity index (χ1n) is 24.7. The molecule has 0 aliphatic carbocycles. The predicted molar refractivity (Wildman–Crippen MR) is 267 cm³/mol. The van der Waals surface area contributed by atoms with Gasteiger partial charge in [0.2, 0.25) is 23.6 Å². The number of hydrogen-bond donors (Lipinski definition) is 5. The Balaban J connectivity index is 0.723. The molecular formula is C53H70N8O6S. The van der Waals surface area contributed by atoms with E-state index in [0.717, 1.165) is 84.1 Å². The lowest BCUT2D eigenvalue weighted by Gasteiger charge is -2.39. The zero-order valence-corrected chi connectivity index (χ0v) is 41.2. The molecule has 3 aromatic heterocycles. The molecule has 0 spiro atoms. The van der Waals surface area contributed by atoms with Crippen molar-refractivity contribution < 1.29 is 29.4 Å². The monoisotopic (exact) mass is 947 g/mol. The molecule has 2 aromatic carbocycles. The number of para-hydroxylation sites is 1. The third-order valence-corrected chi connectivity index (χ3v) is 14.6. The number of rotatable bonds is 22. The van der Waals surface area contributed by atoms with Gasteiger partial charge in [0.25, 0.3) is 0 Å². The van der Waals surface area contributed by atoms with Gasteiger partial charge in [-0.3, -0.25) is 19.2 Å². The Morgan fingerprint density at radius 1 is 0.838 bits per heavy atom. The molecule has 2 aliphatic rings. The predicted octanol–water partition coefficient (Wildman–Crippen LogP) is 9.13. The van der Waals surface area contributed by atoms with Gasteiger partial charge in [-0.05, 0) is 67.5 Å². The molecule has 2 aliphatic heterocycles. The van der Waals surface area contributed by atoms with Gasteiger partial charge >= 0.3 is 0 Å². The van der Waals surface area contributed by atoms with Gasteiger partial charge in [0, 0.05) is 61.5 Å². The normalized spacial score (nSPS) is 17.3. The van der Waals surface area contributed by atoms with Crippen molar-refractivity contribution in [3.05, 3.63) is 83.1 Å². The van der Waals surface area contributed by atoms with E-state index in [1.807, 2.05) is 87.5 Å². The van der Waals surface area contributed by atoms with Crippen LogP contribution in [0.2, 0.25) is 0 Å². The van der Waals surface area contributed by atoms with Crippen LogP contribution in [0.1, 0.15) is 146 Å². The fraction of sp³-hybridized carbons (Fsp3) is 0.528. The summed E-state index contributed by atoms with van der Waals surface area (Å²) in [6, 6.07) is 17.1. The maximum absolute atomic E-state index is 14.1. The van der Waals surface area contributed by atoms with E-state index in [2.05, 4.69) is 36.9 Å². The minimum absolute atomic E-state index is 0.0372. The van der Waals surface area contributed by atoms with Crippen LogP contribution >= 0.6 is 11.3 Å². The number of H-pyrrole nitrogens is 1. The molecule has 4 amide bonds. The lowest BCUT2D eigenvalue weighted by Crippen LogP contribution is -2.57. The summed E-state index contributed by atoms with van der Waals surface area (Å²) >= 11 is 1.59. The second kappa shape index (κ2) is 23.1. The lowest BCUT2D eigenvalue weighted by atomic mass is 9.85. The van der Waals surface area contributed by atoms with E-state index in [0.29, 0.717) is 42.8 Å². The number of thiazole rings is 1. The Hall–Kier alpha value is -5.67. The number of amides is 4. The van der Waals surface area contributed by atoms with E-state index < -0.39 is 23.6 Å². The van der Waals surface area contributed by atoms with Gasteiger partial charge in [-0.2, -0.15) is 0 Å². The molecule has 14 nitrogen and oxygen atoms in total. The highest BCUT2D eigenvalue weighted by Gasteiger charge is 2.44. The molecule has 4 atom stereocenters. The molecule has 5 heterocycles. The molecule has 364 valence electrons. The number of aromatic hydroxyl groups is 1. The van der Waals surface area contributed by atoms with Gasteiger partial charge in [-0.25, -0.2) is 4.98 Å². The van der Waals surface area contributed by atoms with Crippen LogP contribution in [0.3, 0.4) is 0 Å². The molecule has 5 aromatic rings. The number of fused-ring (bicyclic) bond motifs is 1. The van der Waals surface area contributed by atoms with Gasteiger partial charge < -0.3 is 35.6 Å². The number of carbonyl (C=O) groups excluding carboxylic acids is 4. The number of nitrogens with zero attached hydrogens (tertiary/aromatic N) is 5. The molecule has 2 saturated heterocycles. The molecule has 0 bridgehead atoms. The molecule has 68 heavy (non-hydrogen) atoms. The Bertz CT molecular complexity index is 2490. The SMILES string of the molecule is Cc1ncsc1-c1ccc([C@H](C)NC(=O)[C@@H]2C[C@@H](O)CN2C(=O)[C@@H](NC(=O)CCCCCCCCCCCCCC(=O)N2CC(c3cc4cc(-c5ccccc5O)nnc4[nH]3)C2)C(C)(C)C)cc1. The molecule has 2 fully saturated rings. The van der Waals surface area contributed by atoms with Crippen molar-refractivity contribution in [1.82, 2.24) is 40.6 Å². The summed E-state index contributed by atoms with van der Waals surface area (Å²) in [6.07, 6.45) is 11.9. The summed E-state index contributed by atoms with van der Waals surface area (Å²) in [5.74, 6) is -0.205. The van der Waals surface area contributed by atoms with Crippen molar-refractivity contribution in [3.8, 4) is 27.4 Å². The molecule has 0 radical (unpaired) electrons. The third-order valence-electron chi connectivity index (χ3n) is 13.6. The van der Waals surface area contributed by atoms with E-state index >= 15 is 0 Å². The first kappa shape index (κ1) is 50.2. The van der Waals surface area contributed by atoms with E-state index in [4.69, 9.17) is 0 Å². The number of aromatic amines is 1. The second-order valence-electron chi connectivity index (χ2n) is 20.0. The van der Waals surface area contributed by atoms with Crippen LogP contribution in [0.4, 0.5) is 0 Å². The van der Waals surface area contributed by atoms with Gasteiger partial charge in [0.15, 0.2) is 5.65 Å². The zero-order valence-electron chi connectivity index (χ0n) is 40.4. The number of aliphatic hydroxyl groups excluding tert-OH is 1. The number of carbonyl (C=O) groups is 4. The van der Waals surface area contributed by atoms with E-state index in [1.54, 1.807) is 23.5 Å². The molecule has 0 unspecified atom stereocenters. The molecule has 15 heteroatoms. The Labute approximate surface area is 404 Å². The van der Waals surface area contributed by atoms with Crippen LogP contribution in [0.25, 0.3) is 32.7 Å². The van der Waals surface area contributed by atoms with Crippen molar-refractivity contribution >= 4 is 46.0 Å². The summed E-state index contributed by atoms with van der Waals surface area (Å²) < 4.78 is 0. The largest absolute Gasteiger partial charge is 0.507 e. The number of phenolic OH excluding ortho intramolecular Hbond substituents is 1. The minimum Gasteiger partial charge on any atom is -0.507 e. The van der Waals surface area contributed by atoms with Crippen LogP contribution in [0.15, 0.2) is 66.2 Å². The highest BCUT2D eigenvalue weighted by molar-refractivity contribution is 7.13. The van der Waals surface area contributed by atoms with Crippen molar-refractivity contribution in [3.63, 3.8) is 0 Å². The van der Waals surface area contributed by atoms with Gasteiger partial charge in [0.1, 0.15) is 17.8 Å². The number of β-amino-alcohol motifs (C(OH)–C–C–N with tert-alkyl or cyclic N) is 1. The van der Waals surface area contributed by atoms with Gasteiger partial charge in [-0.1, -0.05) is 115 Å². The van der Waals surface area contributed by atoms with Crippen LogP contribution in [0.5, 0.6) is 5.75 Å². The van der Waals surface area contributed by atoms with Crippen molar-refractivity contribution in [2.24, 2.45) is 5.41 Å². The molecule has 0 saturated carbocycles. The quantitative estimate of drug-likeness (QED) is 0.0421. The number of aryl methyl sites for hydroxylation is 1. The van der Waals surface area contributed by atoms with Gasteiger partial charge in [-0.15, -0.1) is 21.5 Å². The lowest BCUT2D eigenvalue weighted by molar-refractivity contribution is -0.144. The topological polar surface area (TPSA) is 194 Å². The molecule has 5 N–H and O–H groups in total. The Kier molecular flexibility index (Phi) is 17.0. The number of benzene rings is 2. The number of unbranched alkanes of at least 4 members (excludes halogenated alkanes) is 10. The second-order valence-corrected chi connectivity index (χ2v) is 20.9. The first-order valence-corrected chi connectivity index (χ1v) is 25.6. The minimum atomic E-state index is -0.841. The molecular weight excluding hydrogens is 877 g/mol. The fourth-order valence-corrected chi connectivity index (χ4v) is 10.2. The average molecular weight is 947 g/mol. The van der Waals surface area contributed by atoms with Crippen LogP contribution < -0.4 is 10.6 Å².